The van der Waals surface area contributed by atoms with Crippen molar-refractivity contribution >= 4 is 33.7 Å². The molecule has 1 atom stereocenters. The number of carbonyl (C=O) groups excluding carboxylic acids is 3. The van der Waals surface area contributed by atoms with Crippen molar-refractivity contribution in [3.8, 4) is 0 Å². The van der Waals surface area contributed by atoms with Gasteiger partial charge in [-0.05, 0) is 13.1 Å². The minimum Gasteiger partial charge on any atom is -0.464 e. The maximum absolute atomic E-state index is 12.1. The van der Waals surface area contributed by atoms with Gasteiger partial charge in [0, 0.05) is 13.3 Å². The van der Waals surface area contributed by atoms with E-state index >= 15 is 0 Å². The number of rotatable bonds is 6. The molecule has 106 valence electrons. The molecule has 0 fully saturated rings. The molecular weight excluding hydrogens is 318 g/mol. The van der Waals surface area contributed by atoms with E-state index in [1.807, 2.05) is 0 Å². The lowest BCUT2D eigenvalue weighted by Gasteiger charge is -2.31. The molecule has 0 bridgehead atoms. The first kappa shape index (κ1) is 15.7. The highest BCUT2D eigenvalue weighted by molar-refractivity contribution is 9.10. The zero-order valence-electron chi connectivity index (χ0n) is 10.8. The van der Waals surface area contributed by atoms with Gasteiger partial charge in [-0.1, -0.05) is 22.0 Å². The third kappa shape index (κ3) is 3.79. The van der Waals surface area contributed by atoms with E-state index in [1.165, 1.54) is 6.92 Å². The molecule has 0 aromatic heterocycles. The van der Waals surface area contributed by atoms with Gasteiger partial charge in [0.2, 0.25) is 0 Å². The van der Waals surface area contributed by atoms with Gasteiger partial charge in [-0.3, -0.25) is 9.59 Å². The molecule has 0 spiro atoms. The summed E-state index contributed by atoms with van der Waals surface area (Å²) < 4.78 is 8.40. The number of alkyl halides is 1. The fourth-order valence-corrected chi connectivity index (χ4v) is 2.33. The largest absolute Gasteiger partial charge is 0.464 e. The summed E-state index contributed by atoms with van der Waals surface area (Å²) in [5, 5.41) is 0. The number of Topliss-reactive ketones (excluding diaryl/α,β-unsaturated/α-hetero) is 1. The Hall–Kier alpha value is -1.37. The quantitative estimate of drug-likeness (QED) is 0.312. The summed E-state index contributed by atoms with van der Waals surface area (Å²) in [5.74, 6) is -1.93. The average molecular weight is 334 g/mol. The number of nitrogens with zero attached hydrogens (tertiary/aromatic N) is 1. The molecule has 0 radical (unpaired) electrons. The zero-order chi connectivity index (χ0) is 14.5. The molecule has 0 aliphatic carbocycles. The van der Waals surface area contributed by atoms with E-state index in [0.29, 0.717) is 13.0 Å². The molecule has 7 heteroatoms. The molecule has 19 heavy (non-hydrogen) atoms. The molecule has 1 unspecified atom stereocenters. The molecule has 1 heterocycles. The third-order valence-electron chi connectivity index (χ3n) is 2.58. The van der Waals surface area contributed by atoms with Crippen LogP contribution in [0.3, 0.4) is 0 Å². The number of halogens is 1. The van der Waals surface area contributed by atoms with Crippen molar-refractivity contribution in [1.82, 2.24) is 4.90 Å². The van der Waals surface area contributed by atoms with Gasteiger partial charge in [-0.25, -0.2) is 4.79 Å². The van der Waals surface area contributed by atoms with Crippen LogP contribution in [0.25, 0.3) is 0 Å². The Morgan fingerprint density at radius 2 is 2.05 bits per heavy atom. The predicted octanol–water partition coefficient (Wildman–Crippen LogP) is 0.992. The Balaban J connectivity index is 2.66. The molecule has 0 saturated heterocycles. The smallest absolute Gasteiger partial charge is 0.378 e. The summed E-state index contributed by atoms with van der Waals surface area (Å²) >= 11 is 3.29. The summed E-state index contributed by atoms with van der Waals surface area (Å²) in [6, 6.07) is 0. The molecule has 1 aliphatic heterocycles. The van der Waals surface area contributed by atoms with Crippen molar-refractivity contribution in [2.24, 2.45) is 0 Å². The fourth-order valence-electron chi connectivity index (χ4n) is 1.69. The molecule has 6 nitrogen and oxygen atoms in total. The Labute approximate surface area is 119 Å². The van der Waals surface area contributed by atoms with Crippen LogP contribution in [0.15, 0.2) is 12.3 Å². The van der Waals surface area contributed by atoms with Crippen LogP contribution in [0.1, 0.15) is 20.3 Å². The number of hydrogen-bond donors (Lipinski definition) is 0. The van der Waals surface area contributed by atoms with E-state index in [0.717, 1.165) is 0 Å². The molecule has 1 rings (SSSR count). The van der Waals surface area contributed by atoms with Gasteiger partial charge >= 0.3 is 11.9 Å². The summed E-state index contributed by atoms with van der Waals surface area (Å²) in [4.78, 5) is 35.9. The molecular formula is C12H16BrNO5. The summed E-state index contributed by atoms with van der Waals surface area (Å²) in [6.07, 6.45) is 3.81. The lowest BCUT2D eigenvalue weighted by molar-refractivity contribution is -0.156. The Morgan fingerprint density at radius 1 is 1.37 bits per heavy atom. The van der Waals surface area contributed by atoms with Crippen LogP contribution in [0, 0.1) is 0 Å². The van der Waals surface area contributed by atoms with Gasteiger partial charge in [-0.2, -0.15) is 0 Å². The maximum atomic E-state index is 12.1. The Bertz CT molecular complexity index is 409. The summed E-state index contributed by atoms with van der Waals surface area (Å²) in [7, 11) is 0. The number of carbonyl (C=O) groups is 3. The third-order valence-corrected chi connectivity index (χ3v) is 3.71. The van der Waals surface area contributed by atoms with Crippen molar-refractivity contribution in [3.05, 3.63) is 12.3 Å². The number of ketones is 1. The zero-order valence-corrected chi connectivity index (χ0v) is 12.4. The second kappa shape index (κ2) is 6.70. The van der Waals surface area contributed by atoms with E-state index in [1.54, 1.807) is 24.1 Å². The average Bonchev–Trinajstić information content (AvgIpc) is 2.71. The number of ether oxygens (including phenoxy) is 2. The molecule has 0 N–H and O–H groups in total. The molecule has 0 amide bonds. The second-order valence-corrected chi connectivity index (χ2v) is 5.24. The number of hydrogen-bond acceptors (Lipinski definition) is 6. The van der Waals surface area contributed by atoms with Gasteiger partial charge in [0.25, 0.3) is 5.78 Å². The van der Waals surface area contributed by atoms with E-state index in [-0.39, 0.29) is 19.2 Å². The van der Waals surface area contributed by atoms with Crippen molar-refractivity contribution in [1.29, 1.82) is 0 Å². The van der Waals surface area contributed by atoms with E-state index in [4.69, 9.17) is 9.47 Å². The standard InChI is InChI=1S/C12H16BrNO5/c1-3-18-11(17)10(16)12(13)5-4-6-14(12)7-8-19-9(2)15/h4,6H,3,5,7-8H2,1-2H3. The maximum Gasteiger partial charge on any atom is 0.378 e. The lowest BCUT2D eigenvalue weighted by atomic mass is 10.1. The second-order valence-electron chi connectivity index (χ2n) is 3.93. The monoisotopic (exact) mass is 333 g/mol. The number of esters is 2. The van der Waals surface area contributed by atoms with Crippen LogP contribution in [0.5, 0.6) is 0 Å². The van der Waals surface area contributed by atoms with Gasteiger partial charge in [0.15, 0.2) is 4.45 Å². The molecule has 0 aromatic rings. The van der Waals surface area contributed by atoms with Crippen LogP contribution >= 0.6 is 15.9 Å². The van der Waals surface area contributed by atoms with Crippen molar-refractivity contribution in [2.45, 2.75) is 24.7 Å². The summed E-state index contributed by atoms with van der Waals surface area (Å²) in [6.45, 7) is 3.55. The van der Waals surface area contributed by atoms with Crippen molar-refractivity contribution < 1.29 is 23.9 Å². The van der Waals surface area contributed by atoms with Crippen LogP contribution < -0.4 is 0 Å². The minimum absolute atomic E-state index is 0.142. The van der Waals surface area contributed by atoms with E-state index < -0.39 is 16.2 Å². The van der Waals surface area contributed by atoms with Crippen molar-refractivity contribution in [3.63, 3.8) is 0 Å². The highest BCUT2D eigenvalue weighted by atomic mass is 79.9. The first-order valence-corrected chi connectivity index (χ1v) is 6.68. The van der Waals surface area contributed by atoms with Crippen molar-refractivity contribution in [2.75, 3.05) is 19.8 Å². The highest BCUT2D eigenvalue weighted by Gasteiger charge is 2.46. The summed E-state index contributed by atoms with van der Waals surface area (Å²) in [5.41, 5.74) is 0. The predicted molar refractivity (Wildman–Crippen MR) is 70.4 cm³/mol. The van der Waals surface area contributed by atoms with E-state index in [9.17, 15) is 14.4 Å². The van der Waals surface area contributed by atoms with Crippen LogP contribution in [0.4, 0.5) is 0 Å². The van der Waals surface area contributed by atoms with Crippen LogP contribution in [0.2, 0.25) is 0 Å². The fraction of sp³-hybridized carbons (Fsp3) is 0.583. The highest BCUT2D eigenvalue weighted by Crippen LogP contribution is 2.34. The Kier molecular flexibility index (Phi) is 5.53. The van der Waals surface area contributed by atoms with Gasteiger partial charge in [0.1, 0.15) is 6.61 Å². The van der Waals surface area contributed by atoms with Gasteiger partial charge in [0.05, 0.1) is 13.2 Å². The Morgan fingerprint density at radius 3 is 2.63 bits per heavy atom. The molecule has 0 saturated carbocycles. The first-order valence-electron chi connectivity index (χ1n) is 5.89. The van der Waals surface area contributed by atoms with Gasteiger partial charge < -0.3 is 14.4 Å². The van der Waals surface area contributed by atoms with Crippen LogP contribution in [-0.2, 0) is 23.9 Å². The van der Waals surface area contributed by atoms with Gasteiger partial charge in [-0.15, -0.1) is 0 Å². The topological polar surface area (TPSA) is 72.9 Å². The molecule has 0 aromatic carbocycles. The van der Waals surface area contributed by atoms with Crippen LogP contribution in [-0.4, -0.2) is 46.8 Å². The normalized spacial score (nSPS) is 21.3. The molecule has 1 aliphatic rings. The minimum atomic E-state index is -1.14. The van der Waals surface area contributed by atoms with E-state index in [2.05, 4.69) is 15.9 Å². The lowest BCUT2D eigenvalue weighted by Crippen LogP contribution is -2.49. The first-order chi connectivity index (χ1) is 8.91. The SMILES string of the molecule is CCOC(=O)C(=O)C1(Br)CC=CN1CCOC(C)=O.